The Kier molecular flexibility index (Phi) is 14.7. The number of carbonyl (C=O) groups excluding carboxylic acids is 1. The summed E-state index contributed by atoms with van der Waals surface area (Å²) in [5, 5.41) is 11.8. The van der Waals surface area contributed by atoms with Crippen LogP contribution in [0.1, 0.15) is 64.0 Å². The lowest BCUT2D eigenvalue weighted by Crippen LogP contribution is -2.41. The Morgan fingerprint density at radius 1 is 0.964 bits per heavy atom. The van der Waals surface area contributed by atoms with Crippen LogP contribution in [0.15, 0.2) is 95.9 Å². The first-order valence-electron chi connectivity index (χ1n) is 18.3. The van der Waals surface area contributed by atoms with Gasteiger partial charge < -0.3 is 33.3 Å². The summed E-state index contributed by atoms with van der Waals surface area (Å²) in [7, 11) is 1.24. The van der Waals surface area contributed by atoms with E-state index in [1.54, 1.807) is 14.2 Å². The molecule has 1 aliphatic heterocycles. The first kappa shape index (κ1) is 42.4. The van der Waals surface area contributed by atoms with Crippen molar-refractivity contribution in [3.63, 3.8) is 0 Å². The van der Waals surface area contributed by atoms with Gasteiger partial charge >= 0.3 is 5.69 Å². The second-order valence-electron chi connectivity index (χ2n) is 13.6. The number of halogens is 1. The molecule has 5 rings (SSSR count). The summed E-state index contributed by atoms with van der Waals surface area (Å²) < 4.78 is 57.5. The molecule has 1 fully saturated rings. The van der Waals surface area contributed by atoms with Gasteiger partial charge in [0.15, 0.2) is 12.4 Å². The molecule has 2 unspecified atom stereocenters. The van der Waals surface area contributed by atoms with Crippen LogP contribution in [0.25, 0.3) is 0 Å². The van der Waals surface area contributed by atoms with Gasteiger partial charge in [0.05, 0.1) is 39.9 Å². The van der Waals surface area contributed by atoms with Crippen molar-refractivity contribution in [1.29, 1.82) is 5.26 Å². The first-order chi connectivity index (χ1) is 26.9. The maximum Gasteiger partial charge on any atom is 0.351 e. The predicted molar refractivity (Wildman–Crippen MR) is 210 cm³/mol. The van der Waals surface area contributed by atoms with Crippen LogP contribution < -0.4 is 20.5 Å². The molecule has 2 heterocycles. The molecule has 1 amide bonds. The number of hydrogen-bond acceptors (Lipinski definition) is 11. The molecule has 0 spiro atoms. The number of aromatic nitrogens is 2. The number of nitriles is 1. The molecule has 13 nitrogen and oxygen atoms in total. The lowest BCUT2D eigenvalue weighted by Gasteiger charge is -2.39. The second-order valence-corrected chi connectivity index (χ2v) is 15.0. The highest BCUT2D eigenvalue weighted by Crippen LogP contribution is 2.51. The van der Waals surface area contributed by atoms with E-state index in [2.05, 4.69) is 16.4 Å². The number of amides is 1. The van der Waals surface area contributed by atoms with E-state index in [4.69, 9.17) is 28.0 Å². The summed E-state index contributed by atoms with van der Waals surface area (Å²) in [6.07, 6.45) is -4.36. The van der Waals surface area contributed by atoms with Crippen molar-refractivity contribution in [2.75, 3.05) is 32.8 Å². The Balaban J connectivity index is 1.62. The van der Waals surface area contributed by atoms with E-state index >= 15 is 4.39 Å². The van der Waals surface area contributed by atoms with E-state index in [1.807, 2.05) is 111 Å². The molecule has 4 aromatic rings. The summed E-state index contributed by atoms with van der Waals surface area (Å²) >= 11 is 0. The Morgan fingerprint density at radius 2 is 1.54 bits per heavy atom. The van der Waals surface area contributed by atoms with Gasteiger partial charge in [-0.05, 0) is 74.7 Å². The van der Waals surface area contributed by atoms with Crippen molar-refractivity contribution >= 4 is 20.3 Å². The highest BCUT2D eigenvalue weighted by molar-refractivity contribution is 7.44. The number of rotatable bonds is 18. The minimum absolute atomic E-state index is 0.0189. The lowest BCUT2D eigenvalue weighted by molar-refractivity contribution is -0.114. The summed E-state index contributed by atoms with van der Waals surface area (Å²) in [5.74, 6) is 0.898. The van der Waals surface area contributed by atoms with Gasteiger partial charge in [0.25, 0.3) is 8.53 Å². The van der Waals surface area contributed by atoms with Crippen molar-refractivity contribution in [3.05, 3.63) is 118 Å². The lowest BCUT2D eigenvalue weighted by atomic mass is 9.80. The molecule has 298 valence electrons. The van der Waals surface area contributed by atoms with Crippen molar-refractivity contribution in [2.24, 2.45) is 0 Å². The zero-order valence-corrected chi connectivity index (χ0v) is 33.5. The molecular weight excluding hydrogens is 740 g/mol. The van der Waals surface area contributed by atoms with Crippen LogP contribution in [0.4, 0.5) is 10.2 Å². The van der Waals surface area contributed by atoms with Crippen LogP contribution in [0.5, 0.6) is 11.5 Å². The van der Waals surface area contributed by atoms with Crippen LogP contribution in [0, 0.1) is 11.3 Å². The zero-order chi connectivity index (χ0) is 40.4. The van der Waals surface area contributed by atoms with Crippen LogP contribution in [-0.4, -0.2) is 78.0 Å². The fraction of sp³-hybridized carbons (Fsp3) is 0.415. The van der Waals surface area contributed by atoms with E-state index in [0.29, 0.717) is 11.5 Å². The Hall–Kier alpha value is -4.74. The van der Waals surface area contributed by atoms with Gasteiger partial charge in [-0.15, -0.1) is 0 Å². The van der Waals surface area contributed by atoms with E-state index in [0.717, 1.165) is 21.3 Å². The van der Waals surface area contributed by atoms with Gasteiger partial charge in [0.2, 0.25) is 5.91 Å². The van der Waals surface area contributed by atoms with Crippen molar-refractivity contribution < 1.29 is 37.2 Å². The minimum atomic E-state index is -1.94. The second kappa shape index (κ2) is 19.4. The Labute approximate surface area is 328 Å². The van der Waals surface area contributed by atoms with Gasteiger partial charge in [-0.3, -0.25) is 9.36 Å². The summed E-state index contributed by atoms with van der Waals surface area (Å²) in [6, 6.07) is 28.0. The van der Waals surface area contributed by atoms with Gasteiger partial charge in [-0.2, -0.15) is 10.2 Å². The smallest absolute Gasteiger partial charge is 0.351 e. The molecule has 0 radical (unpaired) electrons. The van der Waals surface area contributed by atoms with Crippen LogP contribution in [-0.2, 0) is 28.9 Å². The average molecular weight is 790 g/mol. The summed E-state index contributed by atoms with van der Waals surface area (Å²) in [5.41, 5.74) is 0.172. The van der Waals surface area contributed by atoms with Gasteiger partial charge in [-0.1, -0.05) is 54.6 Å². The molecular formula is C41H49FN5O8P. The number of carbonyl (C=O) groups is 1. The van der Waals surface area contributed by atoms with Crippen LogP contribution >= 0.6 is 8.53 Å². The normalized spacial score (nSPS) is 18.9. The topological polar surface area (TPSA) is 146 Å². The third-order valence-corrected chi connectivity index (χ3v) is 11.3. The number of nitrogens with one attached hydrogen (secondary N) is 1. The third kappa shape index (κ3) is 9.61. The molecule has 0 bridgehead atoms. The number of nitrogens with zero attached hydrogens (tertiary/aromatic N) is 4. The number of alkyl halides is 1. The maximum atomic E-state index is 17.1. The maximum absolute atomic E-state index is 17.1. The molecule has 1 saturated heterocycles. The standard InChI is InChI=1S/C41H49FN5O8P/c1-27(2)47(28(3)4)56(53-25-11-23-43)55-38-35(54-39(37(38)42)46-24-22-36(44-29(5)48)45-40(46)49)26-52-41(30-12-9-8-10-13-30,31-14-18-33(50-6)19-15-31)32-16-20-34(51-7)21-17-32/h8-10,12-22,24,27-28,35,37-39H,11,25-26H2,1-7H3,(H,44,45,48,49)/t35-,37+,38?,39-,56?/m1/s1. The molecule has 1 aliphatic rings. The predicted octanol–water partition coefficient (Wildman–Crippen LogP) is 7.12. The van der Waals surface area contributed by atoms with Crippen molar-refractivity contribution in [1.82, 2.24) is 14.2 Å². The molecule has 15 heteroatoms. The largest absolute Gasteiger partial charge is 0.497 e. The summed E-state index contributed by atoms with van der Waals surface area (Å²) in [6.45, 7) is 9.06. The fourth-order valence-corrected chi connectivity index (χ4v) is 8.48. The molecule has 1 N–H and O–H groups in total. The van der Waals surface area contributed by atoms with E-state index in [-0.39, 0.29) is 37.5 Å². The van der Waals surface area contributed by atoms with Crippen LogP contribution in [0.3, 0.4) is 0 Å². The number of benzene rings is 3. The SMILES string of the molecule is COc1ccc(C(OC[C@H]2O[C@@H](n3ccc(NC(C)=O)nc3=O)[C@@H](F)C2OP(OCCC#N)N(C(C)C)C(C)C)(c2ccccc2)c2ccc(OC)cc2)cc1. The molecule has 56 heavy (non-hydrogen) atoms. The van der Waals surface area contributed by atoms with Crippen LogP contribution in [0.2, 0.25) is 0 Å². The summed E-state index contributed by atoms with van der Waals surface area (Å²) in [4.78, 5) is 28.9. The first-order valence-corrected chi connectivity index (χ1v) is 19.5. The Morgan fingerprint density at radius 3 is 2.04 bits per heavy atom. The highest BCUT2D eigenvalue weighted by atomic mass is 31.2. The third-order valence-electron chi connectivity index (χ3n) is 9.19. The van der Waals surface area contributed by atoms with E-state index in [9.17, 15) is 14.9 Å². The van der Waals surface area contributed by atoms with Gasteiger partial charge in [-0.25, -0.2) is 13.9 Å². The number of methoxy groups -OCH3 is 2. The molecule has 1 aromatic heterocycles. The Bertz CT molecular complexity index is 1920. The molecule has 3 aromatic carbocycles. The number of hydrogen-bond donors (Lipinski definition) is 1. The average Bonchev–Trinajstić information content (AvgIpc) is 3.49. The van der Waals surface area contributed by atoms with Crippen molar-refractivity contribution in [3.8, 4) is 17.6 Å². The monoisotopic (exact) mass is 789 g/mol. The van der Waals surface area contributed by atoms with Gasteiger partial charge in [0, 0.05) is 25.2 Å². The molecule has 0 aliphatic carbocycles. The number of ether oxygens (including phenoxy) is 4. The zero-order valence-electron chi connectivity index (χ0n) is 32.6. The van der Waals surface area contributed by atoms with Crippen molar-refractivity contribution in [2.45, 2.75) is 83.3 Å². The van der Waals surface area contributed by atoms with E-state index in [1.165, 1.54) is 19.2 Å². The minimum Gasteiger partial charge on any atom is -0.497 e. The quantitative estimate of drug-likeness (QED) is 0.0625. The molecule has 0 saturated carbocycles. The van der Waals surface area contributed by atoms with E-state index < -0.39 is 50.3 Å². The fourth-order valence-electron chi connectivity index (χ4n) is 6.71. The van der Waals surface area contributed by atoms with Gasteiger partial charge in [0.1, 0.15) is 35.1 Å². The highest BCUT2D eigenvalue weighted by Gasteiger charge is 2.51. The number of anilines is 1. The molecule has 5 atom stereocenters.